The van der Waals surface area contributed by atoms with Crippen LogP contribution in [0.4, 0.5) is 5.00 Å². The lowest BCUT2D eigenvalue weighted by atomic mass is 9.87. The fourth-order valence-electron chi connectivity index (χ4n) is 3.02. The van der Waals surface area contributed by atoms with E-state index in [0.717, 1.165) is 10.4 Å². The SMILES string of the molecule is CC1COC(C)c2sc(NC(=O)C3(C)COC3)c(C(=O)N(C)C)c21. The van der Waals surface area contributed by atoms with Crippen LogP contribution >= 0.6 is 11.3 Å². The van der Waals surface area contributed by atoms with Gasteiger partial charge in [0.25, 0.3) is 5.91 Å². The van der Waals surface area contributed by atoms with Crippen LogP contribution in [0, 0.1) is 5.41 Å². The fraction of sp³-hybridized carbons (Fsp3) is 0.647. The summed E-state index contributed by atoms with van der Waals surface area (Å²) in [5.74, 6) is -0.0558. The van der Waals surface area contributed by atoms with Gasteiger partial charge in [-0.15, -0.1) is 11.3 Å². The number of nitrogens with zero attached hydrogens (tertiary/aromatic N) is 1. The minimum absolute atomic E-state index is 0.0665. The van der Waals surface area contributed by atoms with Gasteiger partial charge >= 0.3 is 0 Å². The molecule has 7 heteroatoms. The number of hydrogen-bond acceptors (Lipinski definition) is 5. The second-order valence-corrected chi connectivity index (χ2v) is 8.22. The average Bonchev–Trinajstić information content (AvgIpc) is 2.87. The Morgan fingerprint density at radius 3 is 2.50 bits per heavy atom. The zero-order chi connectivity index (χ0) is 17.6. The number of anilines is 1. The maximum Gasteiger partial charge on any atom is 0.256 e. The van der Waals surface area contributed by atoms with E-state index in [2.05, 4.69) is 12.2 Å². The van der Waals surface area contributed by atoms with Gasteiger partial charge in [0.15, 0.2) is 0 Å². The quantitative estimate of drug-likeness (QED) is 0.908. The van der Waals surface area contributed by atoms with Crippen LogP contribution < -0.4 is 5.32 Å². The topological polar surface area (TPSA) is 67.9 Å². The molecule has 0 aliphatic carbocycles. The first-order valence-electron chi connectivity index (χ1n) is 8.13. The van der Waals surface area contributed by atoms with Crippen molar-refractivity contribution >= 4 is 28.2 Å². The average molecular weight is 352 g/mol. The molecule has 0 aromatic carbocycles. The third-order valence-corrected chi connectivity index (χ3v) is 5.95. The first kappa shape index (κ1) is 17.4. The van der Waals surface area contributed by atoms with Gasteiger partial charge in [0.1, 0.15) is 5.00 Å². The number of nitrogens with one attached hydrogen (secondary N) is 1. The van der Waals surface area contributed by atoms with Gasteiger partial charge in [0, 0.05) is 24.9 Å². The van der Waals surface area contributed by atoms with Crippen LogP contribution in [-0.4, -0.2) is 50.6 Å². The van der Waals surface area contributed by atoms with Gasteiger partial charge < -0.3 is 19.7 Å². The molecule has 0 saturated carbocycles. The van der Waals surface area contributed by atoms with Gasteiger partial charge in [-0.3, -0.25) is 9.59 Å². The van der Waals surface area contributed by atoms with Crippen molar-refractivity contribution in [3.05, 3.63) is 16.0 Å². The Hall–Kier alpha value is -1.44. The molecule has 1 saturated heterocycles. The number of carbonyl (C=O) groups is 2. The number of amides is 2. The third kappa shape index (κ3) is 2.74. The summed E-state index contributed by atoms with van der Waals surface area (Å²) < 4.78 is 11.0. The van der Waals surface area contributed by atoms with Gasteiger partial charge in [0.05, 0.1) is 36.9 Å². The maximum atomic E-state index is 12.8. The van der Waals surface area contributed by atoms with Crippen molar-refractivity contribution in [1.29, 1.82) is 0 Å². The van der Waals surface area contributed by atoms with Crippen molar-refractivity contribution in [1.82, 2.24) is 4.90 Å². The number of hydrogen-bond donors (Lipinski definition) is 1. The molecule has 3 rings (SSSR count). The van der Waals surface area contributed by atoms with Gasteiger partial charge in [0.2, 0.25) is 5.91 Å². The standard InChI is InChI=1S/C17H24N2O4S/c1-9-6-23-10(2)13-11(9)12(15(20)19(4)5)14(24-13)18-16(21)17(3)7-22-8-17/h9-10H,6-8H2,1-5H3,(H,18,21). The summed E-state index contributed by atoms with van der Waals surface area (Å²) in [6, 6.07) is 0. The van der Waals surface area contributed by atoms with Crippen LogP contribution in [0.5, 0.6) is 0 Å². The van der Waals surface area contributed by atoms with E-state index in [-0.39, 0.29) is 23.8 Å². The molecule has 1 aromatic heterocycles. The van der Waals surface area contributed by atoms with E-state index < -0.39 is 5.41 Å². The van der Waals surface area contributed by atoms with Gasteiger partial charge in [-0.2, -0.15) is 0 Å². The maximum absolute atomic E-state index is 12.8. The highest BCUT2D eigenvalue weighted by Crippen LogP contribution is 2.46. The molecule has 3 heterocycles. The smallest absolute Gasteiger partial charge is 0.256 e. The Balaban J connectivity index is 2.03. The summed E-state index contributed by atoms with van der Waals surface area (Å²) in [5.41, 5.74) is 1.11. The fourth-order valence-corrected chi connectivity index (χ4v) is 4.33. The molecule has 0 bridgehead atoms. The lowest BCUT2D eigenvalue weighted by molar-refractivity contribution is -0.151. The van der Waals surface area contributed by atoms with Crippen molar-refractivity contribution in [2.75, 3.05) is 39.2 Å². The summed E-state index contributed by atoms with van der Waals surface area (Å²) in [4.78, 5) is 28.0. The summed E-state index contributed by atoms with van der Waals surface area (Å²) in [6.07, 6.45) is -0.0665. The minimum Gasteiger partial charge on any atom is -0.379 e. The lowest BCUT2D eigenvalue weighted by Gasteiger charge is -2.36. The second-order valence-electron chi connectivity index (χ2n) is 7.17. The van der Waals surface area contributed by atoms with E-state index in [4.69, 9.17) is 9.47 Å². The molecule has 1 fully saturated rings. The van der Waals surface area contributed by atoms with E-state index in [1.165, 1.54) is 11.3 Å². The summed E-state index contributed by atoms with van der Waals surface area (Å²) in [7, 11) is 3.46. The highest BCUT2D eigenvalue weighted by Gasteiger charge is 2.42. The van der Waals surface area contributed by atoms with E-state index in [1.54, 1.807) is 19.0 Å². The summed E-state index contributed by atoms with van der Waals surface area (Å²) in [5, 5.41) is 3.61. The molecule has 24 heavy (non-hydrogen) atoms. The van der Waals surface area contributed by atoms with Crippen molar-refractivity contribution in [2.45, 2.75) is 32.8 Å². The summed E-state index contributed by atoms with van der Waals surface area (Å²) in [6.45, 7) is 7.32. The predicted octanol–water partition coefficient (Wildman–Crippen LogP) is 2.62. The molecule has 1 aromatic rings. The molecule has 2 aliphatic rings. The Kier molecular flexibility index (Phi) is 4.44. The number of fused-ring (bicyclic) bond motifs is 1. The van der Waals surface area contributed by atoms with Crippen LogP contribution in [0.25, 0.3) is 0 Å². The molecular weight excluding hydrogens is 328 g/mol. The zero-order valence-corrected chi connectivity index (χ0v) is 15.6. The summed E-state index contributed by atoms with van der Waals surface area (Å²) >= 11 is 1.45. The van der Waals surface area contributed by atoms with Gasteiger partial charge in [-0.25, -0.2) is 0 Å². The predicted molar refractivity (Wildman–Crippen MR) is 92.7 cm³/mol. The molecule has 0 spiro atoms. The van der Waals surface area contributed by atoms with E-state index in [9.17, 15) is 9.59 Å². The second kappa shape index (κ2) is 6.13. The molecule has 2 atom stereocenters. The molecular formula is C17H24N2O4S. The molecule has 2 aliphatic heterocycles. The molecule has 2 unspecified atom stereocenters. The Morgan fingerprint density at radius 1 is 1.29 bits per heavy atom. The van der Waals surface area contributed by atoms with Crippen molar-refractivity contribution in [2.24, 2.45) is 5.41 Å². The van der Waals surface area contributed by atoms with Crippen LogP contribution in [0.1, 0.15) is 53.6 Å². The van der Waals surface area contributed by atoms with Crippen molar-refractivity contribution in [3.8, 4) is 0 Å². The number of thiophene rings is 1. The monoisotopic (exact) mass is 352 g/mol. The largest absolute Gasteiger partial charge is 0.379 e. The lowest BCUT2D eigenvalue weighted by Crippen LogP contribution is -2.49. The van der Waals surface area contributed by atoms with Crippen LogP contribution in [0.2, 0.25) is 0 Å². The van der Waals surface area contributed by atoms with Crippen LogP contribution in [0.3, 0.4) is 0 Å². The molecule has 1 N–H and O–H groups in total. The number of ether oxygens (including phenoxy) is 2. The highest BCUT2D eigenvalue weighted by molar-refractivity contribution is 7.17. The van der Waals surface area contributed by atoms with Crippen molar-refractivity contribution < 1.29 is 19.1 Å². The Bertz CT molecular complexity index is 678. The van der Waals surface area contributed by atoms with E-state index >= 15 is 0 Å². The van der Waals surface area contributed by atoms with Gasteiger partial charge in [-0.1, -0.05) is 6.92 Å². The van der Waals surface area contributed by atoms with E-state index in [0.29, 0.717) is 30.4 Å². The molecule has 0 radical (unpaired) electrons. The number of carbonyl (C=O) groups excluding carboxylic acids is 2. The van der Waals surface area contributed by atoms with Gasteiger partial charge in [-0.05, 0) is 19.4 Å². The zero-order valence-electron chi connectivity index (χ0n) is 14.8. The van der Waals surface area contributed by atoms with Crippen LogP contribution in [-0.2, 0) is 14.3 Å². The van der Waals surface area contributed by atoms with E-state index in [1.807, 2.05) is 13.8 Å². The first-order valence-corrected chi connectivity index (χ1v) is 8.95. The Labute approximate surface area is 146 Å². The Morgan fingerprint density at radius 2 is 1.96 bits per heavy atom. The number of rotatable bonds is 3. The molecule has 132 valence electrons. The highest BCUT2D eigenvalue weighted by atomic mass is 32.1. The normalized spacial score (nSPS) is 24.7. The van der Waals surface area contributed by atoms with Crippen molar-refractivity contribution in [3.63, 3.8) is 0 Å². The third-order valence-electron chi connectivity index (χ3n) is 4.67. The molecule has 2 amide bonds. The first-order chi connectivity index (χ1) is 11.2. The minimum atomic E-state index is -0.517. The van der Waals surface area contributed by atoms with Crippen LogP contribution in [0.15, 0.2) is 0 Å². The molecule has 6 nitrogen and oxygen atoms in total.